The van der Waals surface area contributed by atoms with Crippen molar-refractivity contribution in [3.8, 4) is 0 Å². The number of pyridine rings is 1. The lowest BCUT2D eigenvalue weighted by atomic mass is 10.1. The van der Waals surface area contributed by atoms with E-state index in [9.17, 15) is 14.4 Å². The first kappa shape index (κ1) is 17.4. The van der Waals surface area contributed by atoms with Gasteiger partial charge in [-0.2, -0.15) is 0 Å². The van der Waals surface area contributed by atoms with Crippen LogP contribution in [0.5, 0.6) is 0 Å². The maximum atomic E-state index is 12.0. The number of aromatic nitrogens is 1. The maximum Gasteiger partial charge on any atom is 0.335 e. The molecule has 2 aromatic rings. The average Bonchev–Trinajstić information content (AvgIpc) is 2.94. The second kappa shape index (κ2) is 7.19. The van der Waals surface area contributed by atoms with Gasteiger partial charge >= 0.3 is 11.9 Å². The SMILES string of the molecule is O=C1NC(=Nc2cc(C(=O)O)cc(C(=O)O)c2)SC1=Cc1cccnc1. The summed E-state index contributed by atoms with van der Waals surface area (Å²) >= 11 is 1.06. The lowest BCUT2D eigenvalue weighted by Gasteiger charge is -2.02. The summed E-state index contributed by atoms with van der Waals surface area (Å²) in [6.07, 6.45) is 4.86. The number of carboxylic acid groups (broad SMARTS) is 2. The Morgan fingerprint density at radius 3 is 2.42 bits per heavy atom. The number of carbonyl (C=O) groups excluding carboxylic acids is 1. The minimum Gasteiger partial charge on any atom is -0.478 e. The normalized spacial score (nSPS) is 16.7. The number of amides is 1. The fourth-order valence-corrected chi connectivity index (χ4v) is 2.97. The second-order valence-corrected chi connectivity index (χ2v) is 6.18. The molecule has 0 bridgehead atoms. The van der Waals surface area contributed by atoms with Crippen molar-refractivity contribution in [1.82, 2.24) is 10.3 Å². The lowest BCUT2D eigenvalue weighted by molar-refractivity contribution is -0.115. The fraction of sp³-hybridized carbons (Fsp3) is 0. The number of hydrogen-bond acceptors (Lipinski definition) is 6. The summed E-state index contributed by atoms with van der Waals surface area (Å²) in [5, 5.41) is 21.0. The molecule has 1 amide bonds. The number of aliphatic imine (C=N–C) groups is 1. The fourth-order valence-electron chi connectivity index (χ4n) is 2.13. The molecular formula is C17H11N3O5S. The van der Waals surface area contributed by atoms with Crippen LogP contribution in [0.15, 0.2) is 52.6 Å². The molecule has 0 radical (unpaired) electrons. The van der Waals surface area contributed by atoms with E-state index >= 15 is 0 Å². The average molecular weight is 369 g/mol. The number of benzene rings is 1. The largest absolute Gasteiger partial charge is 0.478 e. The minimum atomic E-state index is -1.27. The molecule has 0 aliphatic carbocycles. The number of nitrogens with zero attached hydrogens (tertiary/aromatic N) is 2. The van der Waals surface area contributed by atoms with Crippen molar-refractivity contribution in [2.75, 3.05) is 0 Å². The standard InChI is InChI=1S/C17H11N3O5S/c21-14-13(4-9-2-1-3-18-8-9)26-17(20-14)19-12-6-10(15(22)23)5-11(7-12)16(24)25/h1-8H,(H,22,23)(H,24,25)(H,19,20,21). The Bertz CT molecular complexity index is 937. The molecule has 0 spiro atoms. The van der Waals surface area contributed by atoms with E-state index in [1.165, 1.54) is 12.1 Å². The van der Waals surface area contributed by atoms with Gasteiger partial charge in [-0.15, -0.1) is 0 Å². The number of nitrogens with one attached hydrogen (secondary N) is 1. The first-order valence-corrected chi connectivity index (χ1v) is 8.05. The highest BCUT2D eigenvalue weighted by molar-refractivity contribution is 8.18. The van der Waals surface area contributed by atoms with Gasteiger partial charge in [0.1, 0.15) is 0 Å². The molecule has 1 saturated heterocycles. The zero-order valence-electron chi connectivity index (χ0n) is 13.0. The molecule has 1 aromatic heterocycles. The Labute approximate surface area is 151 Å². The lowest BCUT2D eigenvalue weighted by Crippen LogP contribution is -2.19. The number of carbonyl (C=O) groups is 3. The molecule has 3 N–H and O–H groups in total. The molecule has 1 aliphatic heterocycles. The number of rotatable bonds is 4. The van der Waals surface area contributed by atoms with E-state index in [1.807, 2.05) is 0 Å². The smallest absolute Gasteiger partial charge is 0.335 e. The van der Waals surface area contributed by atoms with Gasteiger partial charge in [-0.3, -0.25) is 9.78 Å². The molecule has 0 unspecified atom stereocenters. The number of carboxylic acids is 2. The molecule has 1 fully saturated rings. The van der Waals surface area contributed by atoms with E-state index in [-0.39, 0.29) is 27.9 Å². The zero-order valence-corrected chi connectivity index (χ0v) is 13.9. The molecule has 26 heavy (non-hydrogen) atoms. The molecular weight excluding hydrogens is 358 g/mol. The summed E-state index contributed by atoms with van der Waals surface area (Å²) in [4.78, 5) is 42.8. The van der Waals surface area contributed by atoms with Gasteiger partial charge in [0.05, 0.1) is 21.7 Å². The van der Waals surface area contributed by atoms with Gasteiger partial charge in [0.25, 0.3) is 5.91 Å². The van der Waals surface area contributed by atoms with Crippen molar-refractivity contribution in [3.63, 3.8) is 0 Å². The van der Waals surface area contributed by atoms with E-state index < -0.39 is 11.9 Å². The molecule has 0 atom stereocenters. The molecule has 130 valence electrons. The van der Waals surface area contributed by atoms with Crippen LogP contribution in [0.25, 0.3) is 6.08 Å². The first-order chi connectivity index (χ1) is 12.4. The van der Waals surface area contributed by atoms with Gasteiger partial charge in [-0.25, -0.2) is 14.6 Å². The maximum absolute atomic E-state index is 12.0. The number of aromatic carboxylic acids is 2. The molecule has 1 aromatic carbocycles. The van der Waals surface area contributed by atoms with Crippen molar-refractivity contribution < 1.29 is 24.6 Å². The predicted molar refractivity (Wildman–Crippen MR) is 95.4 cm³/mol. The highest BCUT2D eigenvalue weighted by Crippen LogP contribution is 2.28. The monoisotopic (exact) mass is 369 g/mol. The van der Waals surface area contributed by atoms with Gasteiger partial charge in [-0.05, 0) is 47.7 Å². The van der Waals surface area contributed by atoms with Gasteiger partial charge in [-0.1, -0.05) is 6.07 Å². The molecule has 1 aliphatic rings. The van der Waals surface area contributed by atoms with Crippen LogP contribution >= 0.6 is 11.8 Å². The zero-order chi connectivity index (χ0) is 18.7. The van der Waals surface area contributed by atoms with Gasteiger partial charge in [0.15, 0.2) is 5.17 Å². The van der Waals surface area contributed by atoms with Crippen molar-refractivity contribution in [2.45, 2.75) is 0 Å². The van der Waals surface area contributed by atoms with Crippen molar-refractivity contribution in [2.24, 2.45) is 4.99 Å². The van der Waals surface area contributed by atoms with Crippen molar-refractivity contribution in [1.29, 1.82) is 0 Å². The molecule has 3 rings (SSSR count). The van der Waals surface area contributed by atoms with Crippen LogP contribution in [0.2, 0.25) is 0 Å². The van der Waals surface area contributed by atoms with E-state index in [2.05, 4.69) is 15.3 Å². The Balaban J connectivity index is 1.92. The van der Waals surface area contributed by atoms with Crippen molar-refractivity contribution >= 4 is 46.5 Å². The van der Waals surface area contributed by atoms with E-state index in [4.69, 9.17) is 10.2 Å². The van der Waals surface area contributed by atoms with Gasteiger partial charge in [0.2, 0.25) is 0 Å². The molecule has 8 nitrogen and oxygen atoms in total. The summed E-state index contributed by atoms with van der Waals surface area (Å²) in [7, 11) is 0. The summed E-state index contributed by atoms with van der Waals surface area (Å²) < 4.78 is 0. The van der Waals surface area contributed by atoms with E-state index in [1.54, 1.807) is 30.6 Å². The van der Waals surface area contributed by atoms with Crippen LogP contribution in [0, 0.1) is 0 Å². The third-order valence-corrected chi connectivity index (χ3v) is 4.19. The van der Waals surface area contributed by atoms with Crippen LogP contribution in [0.4, 0.5) is 5.69 Å². The Morgan fingerprint density at radius 2 is 1.85 bits per heavy atom. The Kier molecular flexibility index (Phi) is 4.81. The third kappa shape index (κ3) is 3.95. The summed E-state index contributed by atoms with van der Waals surface area (Å²) in [5.74, 6) is -2.89. The van der Waals surface area contributed by atoms with Crippen LogP contribution < -0.4 is 5.32 Å². The predicted octanol–water partition coefficient (Wildman–Crippen LogP) is 2.37. The summed E-state index contributed by atoms with van der Waals surface area (Å²) in [6.45, 7) is 0. The van der Waals surface area contributed by atoms with Gasteiger partial charge < -0.3 is 15.5 Å². The van der Waals surface area contributed by atoms with Crippen LogP contribution in [-0.4, -0.2) is 38.2 Å². The molecule has 9 heteroatoms. The van der Waals surface area contributed by atoms with Crippen LogP contribution in [0.3, 0.4) is 0 Å². The van der Waals surface area contributed by atoms with Crippen molar-refractivity contribution in [3.05, 3.63) is 64.3 Å². The highest BCUT2D eigenvalue weighted by Gasteiger charge is 2.24. The van der Waals surface area contributed by atoms with Crippen LogP contribution in [0.1, 0.15) is 26.3 Å². The quantitative estimate of drug-likeness (QED) is 0.706. The topological polar surface area (TPSA) is 129 Å². The van der Waals surface area contributed by atoms with E-state index in [0.29, 0.717) is 4.91 Å². The highest BCUT2D eigenvalue weighted by atomic mass is 32.2. The summed E-state index contributed by atoms with van der Waals surface area (Å²) in [6, 6.07) is 7.04. The van der Waals surface area contributed by atoms with Gasteiger partial charge in [0, 0.05) is 12.4 Å². The Hall–Kier alpha value is -3.46. The van der Waals surface area contributed by atoms with Crippen LogP contribution in [-0.2, 0) is 4.79 Å². The first-order valence-electron chi connectivity index (χ1n) is 7.23. The number of thioether (sulfide) groups is 1. The number of hydrogen-bond donors (Lipinski definition) is 3. The molecule has 2 heterocycles. The summed E-state index contributed by atoms with van der Waals surface area (Å²) in [5.41, 5.74) is 0.453. The number of amidine groups is 1. The second-order valence-electron chi connectivity index (χ2n) is 5.15. The third-order valence-electron chi connectivity index (χ3n) is 3.28. The van der Waals surface area contributed by atoms with E-state index in [0.717, 1.165) is 23.4 Å². The minimum absolute atomic E-state index is 0.118. The molecule has 0 saturated carbocycles. The Morgan fingerprint density at radius 1 is 1.15 bits per heavy atom.